The van der Waals surface area contributed by atoms with E-state index >= 15 is 0 Å². The van der Waals surface area contributed by atoms with E-state index in [4.69, 9.17) is 5.11 Å². The standard InChI is InChI=1S/C15H19F2NO3/c1-3-18(8-9-19)14(20)10-11(2)12-6-4-5-7-13(12)21-15(16)17/h4-7,10,15,19H,3,8-9H2,1-2H3/b11-10-. The molecule has 4 nitrogen and oxygen atoms in total. The first-order valence-corrected chi connectivity index (χ1v) is 6.61. The molecule has 1 N–H and O–H groups in total. The average molecular weight is 299 g/mol. The van der Waals surface area contributed by atoms with Gasteiger partial charge in [0.15, 0.2) is 0 Å². The highest BCUT2D eigenvalue weighted by molar-refractivity contribution is 5.95. The number of likely N-dealkylation sites (N-methyl/N-ethyl adjacent to an activating group) is 1. The number of amides is 1. The lowest BCUT2D eigenvalue weighted by Crippen LogP contribution is -2.32. The molecule has 0 unspecified atom stereocenters. The van der Waals surface area contributed by atoms with Gasteiger partial charge in [-0.3, -0.25) is 4.79 Å². The monoisotopic (exact) mass is 299 g/mol. The molecule has 1 rings (SSSR count). The Bertz CT molecular complexity index is 503. The van der Waals surface area contributed by atoms with Crippen molar-refractivity contribution in [3.05, 3.63) is 35.9 Å². The predicted octanol–water partition coefficient (Wildman–Crippen LogP) is 2.53. The summed E-state index contributed by atoms with van der Waals surface area (Å²) in [5.74, 6) is -0.254. The second kappa shape index (κ2) is 8.36. The number of halogens is 2. The van der Waals surface area contributed by atoms with E-state index in [1.165, 1.54) is 17.0 Å². The normalized spacial score (nSPS) is 11.6. The number of alkyl halides is 2. The van der Waals surface area contributed by atoms with Crippen molar-refractivity contribution < 1.29 is 23.4 Å². The van der Waals surface area contributed by atoms with E-state index in [2.05, 4.69) is 4.74 Å². The molecule has 0 atom stereocenters. The molecule has 0 bridgehead atoms. The van der Waals surface area contributed by atoms with Crippen LogP contribution in [0.4, 0.5) is 8.78 Å². The molecule has 1 aromatic rings. The van der Waals surface area contributed by atoms with Gasteiger partial charge in [0.1, 0.15) is 5.75 Å². The Morgan fingerprint density at radius 1 is 1.43 bits per heavy atom. The zero-order chi connectivity index (χ0) is 15.8. The van der Waals surface area contributed by atoms with E-state index in [0.29, 0.717) is 17.7 Å². The minimum atomic E-state index is -2.92. The topological polar surface area (TPSA) is 49.8 Å². The number of nitrogens with zero attached hydrogens (tertiary/aromatic N) is 1. The van der Waals surface area contributed by atoms with Crippen LogP contribution in [0.5, 0.6) is 5.75 Å². The Kier molecular flexibility index (Phi) is 6.81. The Labute approximate surface area is 122 Å². The fraction of sp³-hybridized carbons (Fsp3) is 0.400. The number of carbonyl (C=O) groups is 1. The first-order valence-electron chi connectivity index (χ1n) is 6.61. The van der Waals surface area contributed by atoms with Crippen LogP contribution in [0.25, 0.3) is 5.57 Å². The molecule has 6 heteroatoms. The molecule has 0 saturated carbocycles. The zero-order valence-corrected chi connectivity index (χ0v) is 12.1. The third kappa shape index (κ3) is 5.15. The summed E-state index contributed by atoms with van der Waals surface area (Å²) in [6.45, 7) is 1.09. The van der Waals surface area contributed by atoms with Gasteiger partial charge in [0.2, 0.25) is 5.91 Å². The molecular formula is C15H19F2NO3. The highest BCUT2D eigenvalue weighted by Crippen LogP contribution is 2.27. The Morgan fingerprint density at radius 3 is 2.67 bits per heavy atom. The number of hydrogen-bond donors (Lipinski definition) is 1. The third-order valence-electron chi connectivity index (χ3n) is 2.93. The van der Waals surface area contributed by atoms with Crippen molar-refractivity contribution in [2.75, 3.05) is 19.7 Å². The van der Waals surface area contributed by atoms with E-state index in [1.807, 2.05) is 0 Å². The number of benzene rings is 1. The average Bonchev–Trinajstić information content (AvgIpc) is 2.44. The Hall–Kier alpha value is -1.95. The van der Waals surface area contributed by atoms with Crippen molar-refractivity contribution in [3.8, 4) is 5.75 Å². The van der Waals surface area contributed by atoms with Gasteiger partial charge in [-0.15, -0.1) is 0 Å². The number of allylic oxidation sites excluding steroid dienone is 1. The van der Waals surface area contributed by atoms with Gasteiger partial charge in [-0.05, 0) is 25.5 Å². The van der Waals surface area contributed by atoms with Gasteiger partial charge in [0.25, 0.3) is 0 Å². The van der Waals surface area contributed by atoms with Gasteiger partial charge in [-0.25, -0.2) is 0 Å². The number of aliphatic hydroxyl groups is 1. The van der Waals surface area contributed by atoms with Crippen molar-refractivity contribution in [1.82, 2.24) is 4.90 Å². The van der Waals surface area contributed by atoms with Gasteiger partial charge < -0.3 is 14.7 Å². The molecule has 0 radical (unpaired) electrons. The first kappa shape index (κ1) is 17.1. The zero-order valence-electron chi connectivity index (χ0n) is 12.1. The highest BCUT2D eigenvalue weighted by Gasteiger charge is 2.13. The lowest BCUT2D eigenvalue weighted by molar-refractivity contribution is -0.126. The molecule has 0 spiro atoms. The van der Waals surface area contributed by atoms with Crippen LogP contribution in [-0.2, 0) is 4.79 Å². The number of para-hydroxylation sites is 1. The first-order chi connectivity index (χ1) is 9.99. The molecule has 0 aliphatic heterocycles. The summed E-state index contributed by atoms with van der Waals surface area (Å²) in [5.41, 5.74) is 0.957. The fourth-order valence-corrected chi connectivity index (χ4v) is 1.89. The van der Waals surface area contributed by atoms with E-state index in [9.17, 15) is 13.6 Å². The van der Waals surface area contributed by atoms with Crippen LogP contribution in [0.3, 0.4) is 0 Å². The molecule has 1 amide bonds. The smallest absolute Gasteiger partial charge is 0.387 e. The van der Waals surface area contributed by atoms with Crippen LogP contribution in [0.15, 0.2) is 30.3 Å². The summed E-state index contributed by atoms with van der Waals surface area (Å²) >= 11 is 0. The molecular weight excluding hydrogens is 280 g/mol. The second-order valence-electron chi connectivity index (χ2n) is 4.34. The molecule has 0 fully saturated rings. The molecule has 21 heavy (non-hydrogen) atoms. The largest absolute Gasteiger partial charge is 0.434 e. The van der Waals surface area contributed by atoms with E-state index in [-0.39, 0.29) is 24.8 Å². The highest BCUT2D eigenvalue weighted by atomic mass is 19.3. The lowest BCUT2D eigenvalue weighted by Gasteiger charge is -2.18. The number of aliphatic hydroxyl groups excluding tert-OH is 1. The maximum absolute atomic E-state index is 12.4. The second-order valence-corrected chi connectivity index (χ2v) is 4.34. The number of hydrogen-bond acceptors (Lipinski definition) is 3. The van der Waals surface area contributed by atoms with Crippen LogP contribution in [0.1, 0.15) is 19.4 Å². The summed E-state index contributed by atoms with van der Waals surface area (Å²) in [6, 6.07) is 6.30. The molecule has 0 saturated heterocycles. The van der Waals surface area contributed by atoms with Crippen molar-refractivity contribution in [2.45, 2.75) is 20.5 Å². The van der Waals surface area contributed by atoms with Gasteiger partial charge >= 0.3 is 6.61 Å². The molecule has 0 heterocycles. The van der Waals surface area contributed by atoms with Crippen molar-refractivity contribution in [1.29, 1.82) is 0 Å². The molecule has 116 valence electrons. The van der Waals surface area contributed by atoms with Crippen LogP contribution in [0.2, 0.25) is 0 Å². The van der Waals surface area contributed by atoms with Crippen molar-refractivity contribution in [3.63, 3.8) is 0 Å². The Balaban J connectivity index is 2.99. The Morgan fingerprint density at radius 2 is 2.10 bits per heavy atom. The summed E-state index contributed by atoms with van der Waals surface area (Å²) in [4.78, 5) is 13.5. The molecule has 0 aromatic heterocycles. The van der Waals surface area contributed by atoms with E-state index in [1.54, 1.807) is 32.0 Å². The summed E-state index contributed by atoms with van der Waals surface area (Å²) in [6.07, 6.45) is 1.35. The van der Waals surface area contributed by atoms with Gasteiger partial charge in [0, 0.05) is 24.7 Å². The van der Waals surface area contributed by atoms with Crippen molar-refractivity contribution in [2.24, 2.45) is 0 Å². The minimum absolute atomic E-state index is 0.0271. The number of ether oxygens (including phenoxy) is 1. The number of rotatable bonds is 7. The lowest BCUT2D eigenvalue weighted by atomic mass is 10.1. The number of carbonyl (C=O) groups excluding carboxylic acids is 1. The quantitative estimate of drug-likeness (QED) is 0.787. The van der Waals surface area contributed by atoms with Crippen LogP contribution in [0, 0.1) is 0 Å². The fourth-order valence-electron chi connectivity index (χ4n) is 1.89. The van der Waals surface area contributed by atoms with Gasteiger partial charge in [0.05, 0.1) is 6.61 Å². The van der Waals surface area contributed by atoms with E-state index < -0.39 is 6.61 Å². The molecule has 0 aliphatic rings. The molecule has 1 aromatic carbocycles. The maximum atomic E-state index is 12.4. The SMILES string of the molecule is CCN(CCO)C(=O)/C=C(/C)c1ccccc1OC(F)F. The summed E-state index contributed by atoms with van der Waals surface area (Å²) in [7, 11) is 0. The molecule has 0 aliphatic carbocycles. The predicted molar refractivity (Wildman–Crippen MR) is 76.1 cm³/mol. The van der Waals surface area contributed by atoms with Crippen LogP contribution in [-0.4, -0.2) is 42.2 Å². The van der Waals surface area contributed by atoms with Crippen molar-refractivity contribution >= 4 is 11.5 Å². The van der Waals surface area contributed by atoms with Gasteiger partial charge in [-0.1, -0.05) is 18.2 Å². The van der Waals surface area contributed by atoms with Gasteiger partial charge in [-0.2, -0.15) is 8.78 Å². The minimum Gasteiger partial charge on any atom is -0.434 e. The summed E-state index contributed by atoms with van der Waals surface area (Å²) < 4.78 is 29.2. The third-order valence-corrected chi connectivity index (χ3v) is 2.93. The summed E-state index contributed by atoms with van der Waals surface area (Å²) in [5, 5.41) is 8.89. The van der Waals surface area contributed by atoms with Crippen LogP contribution >= 0.6 is 0 Å². The van der Waals surface area contributed by atoms with Crippen LogP contribution < -0.4 is 4.74 Å². The maximum Gasteiger partial charge on any atom is 0.387 e. The van der Waals surface area contributed by atoms with E-state index in [0.717, 1.165) is 0 Å².